The van der Waals surface area contributed by atoms with Crippen LogP contribution in [-0.2, 0) is 16.8 Å². The van der Waals surface area contributed by atoms with Gasteiger partial charge in [0.1, 0.15) is 5.60 Å². The van der Waals surface area contributed by atoms with Gasteiger partial charge in [-0.15, -0.1) is 11.6 Å². The van der Waals surface area contributed by atoms with Crippen molar-refractivity contribution in [2.75, 3.05) is 5.32 Å². The summed E-state index contributed by atoms with van der Waals surface area (Å²) >= 11 is 5.64. The van der Waals surface area contributed by atoms with E-state index in [1.54, 1.807) is 20.8 Å². The molecule has 0 radical (unpaired) electrons. The maximum absolute atomic E-state index is 12.6. The normalized spacial score (nSPS) is 12.2. The van der Waals surface area contributed by atoms with Crippen LogP contribution in [0.3, 0.4) is 0 Å². The van der Waals surface area contributed by atoms with Gasteiger partial charge in [0, 0.05) is 11.6 Å². The summed E-state index contributed by atoms with van der Waals surface area (Å²) in [6.45, 7) is 4.96. The molecule has 0 heterocycles. The molecule has 0 saturated heterocycles. The van der Waals surface area contributed by atoms with Gasteiger partial charge in [-0.3, -0.25) is 5.32 Å². The molecule has 0 atom stereocenters. The van der Waals surface area contributed by atoms with E-state index in [2.05, 4.69) is 5.32 Å². The Kier molecular flexibility index (Phi) is 4.91. The van der Waals surface area contributed by atoms with Crippen LogP contribution < -0.4 is 5.32 Å². The van der Waals surface area contributed by atoms with Crippen LogP contribution in [0, 0.1) is 0 Å². The summed E-state index contributed by atoms with van der Waals surface area (Å²) < 4.78 is 42.9. The number of ether oxygens (including phenoxy) is 1. The molecule has 7 heteroatoms. The molecule has 112 valence electrons. The molecule has 0 bridgehead atoms. The minimum atomic E-state index is -4.49. The summed E-state index contributed by atoms with van der Waals surface area (Å²) in [6.07, 6.45) is -5.32. The van der Waals surface area contributed by atoms with Crippen molar-refractivity contribution in [1.82, 2.24) is 0 Å². The van der Waals surface area contributed by atoms with E-state index in [1.165, 1.54) is 6.07 Å². The SMILES string of the molecule is CC(C)(C)OC(=O)Nc1cc(C(F)(F)F)ccc1CCl. The summed E-state index contributed by atoms with van der Waals surface area (Å²) in [5, 5.41) is 2.28. The van der Waals surface area contributed by atoms with Gasteiger partial charge in [-0.2, -0.15) is 13.2 Å². The van der Waals surface area contributed by atoms with E-state index in [0.717, 1.165) is 12.1 Å². The number of hydrogen-bond donors (Lipinski definition) is 1. The lowest BCUT2D eigenvalue weighted by Gasteiger charge is -2.20. The zero-order chi connectivity index (χ0) is 15.6. The summed E-state index contributed by atoms with van der Waals surface area (Å²) in [5.74, 6) is -0.0245. The van der Waals surface area contributed by atoms with Crippen LogP contribution in [0.1, 0.15) is 31.9 Å². The number of carbonyl (C=O) groups is 1. The monoisotopic (exact) mass is 309 g/mol. The topological polar surface area (TPSA) is 38.3 Å². The van der Waals surface area contributed by atoms with Crippen LogP contribution in [0.2, 0.25) is 0 Å². The average Bonchev–Trinajstić information content (AvgIpc) is 2.24. The van der Waals surface area contributed by atoms with E-state index in [9.17, 15) is 18.0 Å². The quantitative estimate of drug-likeness (QED) is 0.798. The highest BCUT2D eigenvalue weighted by molar-refractivity contribution is 6.17. The zero-order valence-electron chi connectivity index (χ0n) is 11.3. The molecule has 0 aliphatic carbocycles. The average molecular weight is 310 g/mol. The first kappa shape index (κ1) is 16.6. The van der Waals surface area contributed by atoms with E-state index >= 15 is 0 Å². The number of hydrogen-bond acceptors (Lipinski definition) is 2. The zero-order valence-corrected chi connectivity index (χ0v) is 12.0. The minimum absolute atomic E-state index is 0.0101. The van der Waals surface area contributed by atoms with E-state index in [1.807, 2.05) is 0 Å². The Morgan fingerprint density at radius 1 is 1.30 bits per heavy atom. The highest BCUT2D eigenvalue weighted by Gasteiger charge is 2.31. The van der Waals surface area contributed by atoms with Crippen LogP contribution in [0.25, 0.3) is 0 Å². The van der Waals surface area contributed by atoms with Crippen molar-refractivity contribution < 1.29 is 22.7 Å². The van der Waals surface area contributed by atoms with Crippen LogP contribution in [0.15, 0.2) is 18.2 Å². The molecular formula is C13H15ClF3NO2. The first-order valence-corrected chi connectivity index (χ1v) is 6.32. The molecule has 1 N–H and O–H groups in total. The van der Waals surface area contributed by atoms with Gasteiger partial charge in [0.25, 0.3) is 0 Å². The number of carbonyl (C=O) groups excluding carboxylic acids is 1. The second-order valence-corrected chi connectivity index (χ2v) is 5.40. The van der Waals surface area contributed by atoms with Gasteiger partial charge in [-0.05, 0) is 38.5 Å². The Bertz CT molecular complexity index is 495. The van der Waals surface area contributed by atoms with Crippen molar-refractivity contribution in [1.29, 1.82) is 0 Å². The molecule has 3 nitrogen and oxygen atoms in total. The molecule has 0 saturated carbocycles. The second kappa shape index (κ2) is 5.91. The first-order valence-electron chi connectivity index (χ1n) is 5.79. The lowest BCUT2D eigenvalue weighted by molar-refractivity contribution is -0.137. The van der Waals surface area contributed by atoms with E-state index in [4.69, 9.17) is 16.3 Å². The molecular weight excluding hydrogens is 295 g/mol. The van der Waals surface area contributed by atoms with Gasteiger partial charge < -0.3 is 4.74 Å². The van der Waals surface area contributed by atoms with Crippen LogP contribution in [0.4, 0.5) is 23.7 Å². The number of nitrogens with one attached hydrogen (secondary N) is 1. The molecule has 0 aliphatic rings. The molecule has 0 aromatic heterocycles. The molecule has 20 heavy (non-hydrogen) atoms. The van der Waals surface area contributed by atoms with Crippen LogP contribution in [-0.4, -0.2) is 11.7 Å². The predicted molar refractivity (Wildman–Crippen MR) is 70.9 cm³/mol. The highest BCUT2D eigenvalue weighted by atomic mass is 35.5. The van der Waals surface area contributed by atoms with Gasteiger partial charge in [0.2, 0.25) is 0 Å². The van der Waals surface area contributed by atoms with Crippen molar-refractivity contribution in [2.24, 2.45) is 0 Å². The van der Waals surface area contributed by atoms with Gasteiger partial charge in [-0.25, -0.2) is 4.79 Å². The lowest BCUT2D eigenvalue weighted by atomic mass is 10.1. The fraction of sp³-hybridized carbons (Fsp3) is 0.462. The third-order valence-electron chi connectivity index (χ3n) is 2.22. The molecule has 1 aromatic carbocycles. The lowest BCUT2D eigenvalue weighted by Crippen LogP contribution is -2.27. The number of benzene rings is 1. The number of halogens is 4. The second-order valence-electron chi connectivity index (χ2n) is 5.13. The smallest absolute Gasteiger partial charge is 0.416 e. The molecule has 1 rings (SSSR count). The van der Waals surface area contributed by atoms with Crippen molar-refractivity contribution in [3.05, 3.63) is 29.3 Å². The maximum Gasteiger partial charge on any atom is 0.416 e. The summed E-state index contributed by atoms with van der Waals surface area (Å²) in [6, 6.07) is 2.97. The molecule has 1 amide bonds. The molecule has 0 unspecified atom stereocenters. The fourth-order valence-corrected chi connectivity index (χ4v) is 1.63. The van der Waals surface area contributed by atoms with E-state index in [-0.39, 0.29) is 11.6 Å². The molecule has 0 aliphatic heterocycles. The van der Waals surface area contributed by atoms with Crippen molar-refractivity contribution in [3.8, 4) is 0 Å². The summed E-state index contributed by atoms with van der Waals surface area (Å²) in [4.78, 5) is 11.6. The van der Waals surface area contributed by atoms with Gasteiger partial charge in [-0.1, -0.05) is 6.07 Å². The minimum Gasteiger partial charge on any atom is -0.444 e. The highest BCUT2D eigenvalue weighted by Crippen LogP contribution is 2.32. The Balaban J connectivity index is 3.00. The summed E-state index contributed by atoms with van der Waals surface area (Å²) in [5.41, 5.74) is -1.24. The first-order chi connectivity index (χ1) is 9.03. The summed E-state index contributed by atoms with van der Waals surface area (Å²) in [7, 11) is 0. The van der Waals surface area contributed by atoms with Gasteiger partial charge in [0.05, 0.1) is 5.56 Å². The largest absolute Gasteiger partial charge is 0.444 e. The Morgan fingerprint density at radius 3 is 2.35 bits per heavy atom. The van der Waals surface area contributed by atoms with Crippen LogP contribution >= 0.6 is 11.6 Å². The molecule has 0 fully saturated rings. The van der Waals surface area contributed by atoms with Gasteiger partial charge >= 0.3 is 12.3 Å². The van der Waals surface area contributed by atoms with Crippen LogP contribution in [0.5, 0.6) is 0 Å². The van der Waals surface area contributed by atoms with Crippen molar-refractivity contribution in [3.63, 3.8) is 0 Å². The van der Waals surface area contributed by atoms with Crippen molar-refractivity contribution >= 4 is 23.4 Å². The Morgan fingerprint density at radius 2 is 1.90 bits per heavy atom. The number of anilines is 1. The van der Waals surface area contributed by atoms with E-state index < -0.39 is 23.4 Å². The Labute approximate surface area is 120 Å². The standard InChI is InChI=1S/C13H15ClF3NO2/c1-12(2,3)20-11(19)18-10-6-9(13(15,16)17)5-4-8(10)7-14/h4-6H,7H2,1-3H3,(H,18,19). The number of rotatable bonds is 2. The number of amides is 1. The third kappa shape index (κ3) is 4.92. The van der Waals surface area contributed by atoms with Crippen molar-refractivity contribution in [2.45, 2.75) is 38.4 Å². The Hall–Kier alpha value is -1.43. The molecule has 0 spiro atoms. The van der Waals surface area contributed by atoms with Gasteiger partial charge in [0.15, 0.2) is 0 Å². The fourth-order valence-electron chi connectivity index (χ4n) is 1.40. The number of alkyl halides is 4. The molecule has 1 aromatic rings. The maximum atomic E-state index is 12.6. The van der Waals surface area contributed by atoms with E-state index in [0.29, 0.717) is 5.56 Å². The predicted octanol–water partition coefficient (Wildman–Crippen LogP) is 4.79. The third-order valence-corrected chi connectivity index (χ3v) is 2.50.